The second kappa shape index (κ2) is 8.12. The molecule has 0 N–H and O–H groups in total. The van der Waals surface area contributed by atoms with Crippen LogP contribution in [0.5, 0.6) is 0 Å². The van der Waals surface area contributed by atoms with E-state index in [1.165, 1.54) is 37.3 Å². The van der Waals surface area contributed by atoms with Gasteiger partial charge < -0.3 is 0 Å². The third-order valence-electron chi connectivity index (χ3n) is 5.00. The second-order valence-electron chi connectivity index (χ2n) is 6.74. The molecule has 0 atom stereocenters. The van der Waals surface area contributed by atoms with Gasteiger partial charge in [-0.05, 0) is 79.8 Å². The van der Waals surface area contributed by atoms with Gasteiger partial charge >= 0.3 is 0 Å². The Hall–Kier alpha value is -2.40. The molecule has 1 aliphatic rings. The van der Waals surface area contributed by atoms with E-state index in [1.54, 1.807) is 0 Å². The van der Waals surface area contributed by atoms with Crippen molar-refractivity contribution in [2.45, 2.75) is 38.0 Å². The van der Waals surface area contributed by atoms with E-state index >= 15 is 0 Å². The highest BCUT2D eigenvalue weighted by molar-refractivity contribution is 5.44. The van der Waals surface area contributed by atoms with Crippen molar-refractivity contribution in [3.05, 3.63) is 83.4 Å². The standard InChI is InChI=1S/C23H22F2/c1-2-3-17-6-11-20(12-7-17)21-13-8-18(9-14-21)4-5-19-10-15-22(24)23(25)16-19/h2,8-10,13-17,20H,1,3,6-7,11-12H2. The molecule has 0 bridgehead atoms. The molecule has 0 saturated heterocycles. The van der Waals surface area contributed by atoms with Gasteiger partial charge in [-0.15, -0.1) is 6.58 Å². The van der Waals surface area contributed by atoms with Crippen molar-refractivity contribution in [2.24, 2.45) is 5.92 Å². The topological polar surface area (TPSA) is 0 Å². The molecule has 0 aromatic heterocycles. The van der Waals surface area contributed by atoms with Crippen molar-refractivity contribution in [2.75, 3.05) is 0 Å². The Labute approximate surface area is 148 Å². The molecular formula is C23H22F2. The zero-order valence-corrected chi connectivity index (χ0v) is 14.3. The summed E-state index contributed by atoms with van der Waals surface area (Å²) < 4.78 is 26.1. The van der Waals surface area contributed by atoms with E-state index in [0.29, 0.717) is 11.5 Å². The Morgan fingerprint density at radius 3 is 2.16 bits per heavy atom. The molecule has 2 aromatic carbocycles. The molecule has 3 rings (SSSR count). The van der Waals surface area contributed by atoms with Crippen LogP contribution in [0.25, 0.3) is 0 Å². The molecule has 2 aromatic rings. The maximum absolute atomic E-state index is 13.2. The first kappa shape index (κ1) is 17.4. The lowest BCUT2D eigenvalue weighted by molar-refractivity contribution is 0.328. The highest BCUT2D eigenvalue weighted by Gasteiger charge is 2.21. The lowest BCUT2D eigenvalue weighted by Crippen LogP contribution is -2.12. The number of halogens is 2. The fourth-order valence-electron chi connectivity index (χ4n) is 3.52. The van der Waals surface area contributed by atoms with E-state index in [0.717, 1.165) is 30.0 Å². The van der Waals surface area contributed by atoms with Crippen molar-refractivity contribution in [3.8, 4) is 11.8 Å². The molecule has 0 nitrogen and oxygen atoms in total. The molecule has 2 heteroatoms. The summed E-state index contributed by atoms with van der Waals surface area (Å²) in [5, 5.41) is 0. The van der Waals surface area contributed by atoms with Gasteiger partial charge in [0.2, 0.25) is 0 Å². The summed E-state index contributed by atoms with van der Waals surface area (Å²) in [6, 6.07) is 12.0. The van der Waals surface area contributed by atoms with Crippen molar-refractivity contribution in [3.63, 3.8) is 0 Å². The fraction of sp³-hybridized carbons (Fsp3) is 0.304. The van der Waals surface area contributed by atoms with Gasteiger partial charge in [-0.1, -0.05) is 30.0 Å². The number of benzene rings is 2. The Kier molecular flexibility index (Phi) is 5.66. The number of rotatable bonds is 3. The predicted octanol–water partition coefficient (Wildman–Crippen LogP) is 6.21. The van der Waals surface area contributed by atoms with E-state index in [-0.39, 0.29) is 0 Å². The van der Waals surface area contributed by atoms with Crippen LogP contribution in [0, 0.1) is 29.4 Å². The minimum absolute atomic E-state index is 0.475. The zero-order chi connectivity index (χ0) is 17.6. The summed E-state index contributed by atoms with van der Waals surface area (Å²) >= 11 is 0. The molecule has 1 fully saturated rings. The Morgan fingerprint density at radius 1 is 0.880 bits per heavy atom. The average Bonchev–Trinajstić information content (AvgIpc) is 2.64. The summed E-state index contributed by atoms with van der Waals surface area (Å²) in [6.07, 6.45) is 8.18. The van der Waals surface area contributed by atoms with Crippen molar-refractivity contribution in [1.29, 1.82) is 0 Å². The van der Waals surface area contributed by atoms with Gasteiger partial charge in [0, 0.05) is 11.1 Å². The van der Waals surface area contributed by atoms with Gasteiger partial charge in [0.05, 0.1) is 0 Å². The van der Waals surface area contributed by atoms with Gasteiger partial charge in [-0.3, -0.25) is 0 Å². The second-order valence-corrected chi connectivity index (χ2v) is 6.74. The van der Waals surface area contributed by atoms with E-state index in [4.69, 9.17) is 0 Å². The molecule has 0 radical (unpaired) electrons. The molecule has 1 saturated carbocycles. The van der Waals surface area contributed by atoms with Crippen LogP contribution in [0.2, 0.25) is 0 Å². The third kappa shape index (κ3) is 4.57. The summed E-state index contributed by atoms with van der Waals surface area (Å²) in [5.41, 5.74) is 2.73. The Balaban J connectivity index is 1.64. The van der Waals surface area contributed by atoms with E-state index in [2.05, 4.69) is 30.6 Å². The third-order valence-corrected chi connectivity index (χ3v) is 5.00. The maximum Gasteiger partial charge on any atom is 0.160 e. The molecule has 128 valence electrons. The van der Waals surface area contributed by atoms with Gasteiger partial charge in [-0.25, -0.2) is 8.78 Å². The van der Waals surface area contributed by atoms with E-state index in [9.17, 15) is 8.78 Å². The molecule has 0 aliphatic heterocycles. The quantitative estimate of drug-likeness (QED) is 0.461. The SMILES string of the molecule is C=CCC1CCC(c2ccc(C#Cc3ccc(F)c(F)c3)cc2)CC1. The van der Waals surface area contributed by atoms with Crippen LogP contribution in [0.1, 0.15) is 54.7 Å². The van der Waals surface area contributed by atoms with Crippen LogP contribution < -0.4 is 0 Å². The van der Waals surface area contributed by atoms with E-state index < -0.39 is 11.6 Å². The van der Waals surface area contributed by atoms with Crippen LogP contribution in [0.3, 0.4) is 0 Å². The van der Waals surface area contributed by atoms with Crippen LogP contribution >= 0.6 is 0 Å². The summed E-state index contributed by atoms with van der Waals surface area (Å²) in [7, 11) is 0. The lowest BCUT2D eigenvalue weighted by atomic mass is 9.77. The predicted molar refractivity (Wildman–Crippen MR) is 98.3 cm³/mol. The van der Waals surface area contributed by atoms with E-state index in [1.807, 2.05) is 18.2 Å². The van der Waals surface area contributed by atoms with Gasteiger partial charge in [-0.2, -0.15) is 0 Å². The van der Waals surface area contributed by atoms with Crippen molar-refractivity contribution < 1.29 is 8.78 Å². The number of hydrogen-bond acceptors (Lipinski definition) is 0. The Bertz CT molecular complexity index is 785. The average molecular weight is 336 g/mol. The first-order valence-corrected chi connectivity index (χ1v) is 8.83. The first-order chi connectivity index (χ1) is 12.2. The van der Waals surface area contributed by atoms with Gasteiger partial charge in [0.15, 0.2) is 11.6 Å². The highest BCUT2D eigenvalue weighted by Crippen LogP contribution is 2.37. The normalized spacial score (nSPS) is 19.8. The molecule has 0 heterocycles. The zero-order valence-electron chi connectivity index (χ0n) is 14.3. The maximum atomic E-state index is 13.2. The van der Waals surface area contributed by atoms with Gasteiger partial charge in [0.1, 0.15) is 0 Å². The van der Waals surface area contributed by atoms with Crippen LogP contribution in [0.4, 0.5) is 8.78 Å². The molecule has 1 aliphatic carbocycles. The molecule has 0 amide bonds. The molecule has 0 spiro atoms. The minimum atomic E-state index is -0.866. The molecule has 0 unspecified atom stereocenters. The van der Waals surface area contributed by atoms with Crippen LogP contribution in [0.15, 0.2) is 55.1 Å². The smallest absolute Gasteiger partial charge is 0.160 e. The summed E-state index contributed by atoms with van der Waals surface area (Å²) in [5.74, 6) is 5.61. The first-order valence-electron chi connectivity index (χ1n) is 8.83. The minimum Gasteiger partial charge on any atom is -0.204 e. The number of allylic oxidation sites excluding steroid dienone is 1. The monoisotopic (exact) mass is 336 g/mol. The van der Waals surface area contributed by atoms with Gasteiger partial charge in [0.25, 0.3) is 0 Å². The number of hydrogen-bond donors (Lipinski definition) is 0. The summed E-state index contributed by atoms with van der Waals surface area (Å²) in [4.78, 5) is 0. The molecular weight excluding hydrogens is 314 g/mol. The van der Waals surface area contributed by atoms with Crippen molar-refractivity contribution in [1.82, 2.24) is 0 Å². The lowest BCUT2D eigenvalue weighted by Gasteiger charge is -2.28. The Morgan fingerprint density at radius 2 is 1.52 bits per heavy atom. The van der Waals surface area contributed by atoms with Crippen molar-refractivity contribution >= 4 is 0 Å². The molecule has 25 heavy (non-hydrogen) atoms. The van der Waals surface area contributed by atoms with Crippen LogP contribution in [-0.2, 0) is 0 Å². The van der Waals surface area contributed by atoms with Crippen LogP contribution in [-0.4, -0.2) is 0 Å². The summed E-state index contributed by atoms with van der Waals surface area (Å²) in [6.45, 7) is 3.84. The fourth-order valence-corrected chi connectivity index (χ4v) is 3.52. The highest BCUT2D eigenvalue weighted by atomic mass is 19.2. The largest absolute Gasteiger partial charge is 0.204 e.